The third-order valence-electron chi connectivity index (χ3n) is 4.37. The molecule has 0 spiro atoms. The second-order valence-electron chi connectivity index (χ2n) is 6.09. The zero-order valence-corrected chi connectivity index (χ0v) is 12.8. The Morgan fingerprint density at radius 1 is 1.26 bits per heavy atom. The summed E-state index contributed by atoms with van der Waals surface area (Å²) in [5, 5.41) is 0. The molecule has 0 aromatic rings. The van der Waals surface area contributed by atoms with E-state index in [0.29, 0.717) is 11.0 Å². The smallest absolute Gasteiger partial charge is 0.232 e. The van der Waals surface area contributed by atoms with Gasteiger partial charge in [-0.2, -0.15) is 0 Å². The average Bonchev–Trinajstić information content (AvgIpc) is 2.99. The second-order valence-corrected chi connectivity index (χ2v) is 6.57. The lowest BCUT2D eigenvalue weighted by atomic mass is 9.94. The second kappa shape index (κ2) is 6.18. The fourth-order valence-electron chi connectivity index (χ4n) is 3.28. The maximum Gasteiger partial charge on any atom is 0.232 e. The molecule has 2 aliphatic rings. The summed E-state index contributed by atoms with van der Waals surface area (Å²) in [6.07, 6.45) is 3.69. The molecule has 4 nitrogen and oxygen atoms in total. The lowest BCUT2D eigenvalue weighted by Crippen LogP contribution is -2.44. The highest BCUT2D eigenvalue weighted by atomic mass is 32.1. The molecule has 2 heterocycles. The molecule has 2 unspecified atom stereocenters. The number of carbonyl (C=O) groups is 1. The van der Waals surface area contributed by atoms with Crippen molar-refractivity contribution in [1.82, 2.24) is 9.80 Å². The molecular weight excluding hydrogens is 258 g/mol. The van der Waals surface area contributed by atoms with E-state index in [-0.39, 0.29) is 17.7 Å². The van der Waals surface area contributed by atoms with Crippen LogP contribution in [0.4, 0.5) is 0 Å². The number of nitrogens with zero attached hydrogens (tertiary/aromatic N) is 2. The fourth-order valence-corrected chi connectivity index (χ4v) is 3.65. The predicted molar refractivity (Wildman–Crippen MR) is 80.9 cm³/mol. The minimum atomic E-state index is -0.299. The van der Waals surface area contributed by atoms with E-state index >= 15 is 0 Å². The molecule has 5 heteroatoms. The SMILES string of the molecule is CC(C)C(C(=O)N1CCC(N2CCCC2)C1)C(N)=S. The number of nitrogens with two attached hydrogens (primary N) is 1. The van der Waals surface area contributed by atoms with E-state index in [0.717, 1.165) is 19.5 Å². The Morgan fingerprint density at radius 3 is 2.42 bits per heavy atom. The molecule has 2 saturated heterocycles. The standard InChI is InChI=1S/C14H25N3OS/c1-10(2)12(13(15)19)14(18)17-8-5-11(9-17)16-6-3-4-7-16/h10-12H,3-9H2,1-2H3,(H2,15,19). The van der Waals surface area contributed by atoms with Crippen LogP contribution in [-0.2, 0) is 4.79 Å². The summed E-state index contributed by atoms with van der Waals surface area (Å²) >= 11 is 5.06. The van der Waals surface area contributed by atoms with Crippen molar-refractivity contribution in [2.24, 2.45) is 17.6 Å². The lowest BCUT2D eigenvalue weighted by molar-refractivity contribution is -0.133. The molecule has 0 aromatic carbocycles. The van der Waals surface area contributed by atoms with E-state index in [4.69, 9.17) is 18.0 Å². The number of hydrogen-bond donors (Lipinski definition) is 1. The Labute approximate surface area is 121 Å². The fraction of sp³-hybridized carbons (Fsp3) is 0.857. The molecule has 19 heavy (non-hydrogen) atoms. The highest BCUT2D eigenvalue weighted by molar-refractivity contribution is 7.80. The van der Waals surface area contributed by atoms with Crippen LogP contribution < -0.4 is 5.73 Å². The summed E-state index contributed by atoms with van der Waals surface area (Å²) in [7, 11) is 0. The molecule has 1 amide bonds. The van der Waals surface area contributed by atoms with Crippen molar-refractivity contribution in [2.45, 2.75) is 39.2 Å². The van der Waals surface area contributed by atoms with Crippen molar-refractivity contribution < 1.29 is 4.79 Å². The molecule has 0 aliphatic carbocycles. The van der Waals surface area contributed by atoms with Gasteiger partial charge in [0.15, 0.2) is 0 Å². The summed E-state index contributed by atoms with van der Waals surface area (Å²) in [4.78, 5) is 17.4. The van der Waals surface area contributed by atoms with Gasteiger partial charge in [-0.3, -0.25) is 9.69 Å². The van der Waals surface area contributed by atoms with E-state index in [2.05, 4.69) is 4.90 Å². The number of rotatable bonds is 4. The summed E-state index contributed by atoms with van der Waals surface area (Å²) in [6.45, 7) is 8.10. The minimum absolute atomic E-state index is 0.129. The van der Waals surface area contributed by atoms with Crippen LogP contribution >= 0.6 is 12.2 Å². The Kier molecular flexibility index (Phi) is 4.79. The molecule has 0 saturated carbocycles. The van der Waals surface area contributed by atoms with Crippen LogP contribution in [0.2, 0.25) is 0 Å². The third kappa shape index (κ3) is 3.26. The Morgan fingerprint density at radius 2 is 1.89 bits per heavy atom. The van der Waals surface area contributed by atoms with E-state index in [1.165, 1.54) is 25.9 Å². The Hall–Kier alpha value is -0.680. The first-order chi connectivity index (χ1) is 9.00. The van der Waals surface area contributed by atoms with E-state index < -0.39 is 0 Å². The summed E-state index contributed by atoms with van der Waals surface area (Å²) in [5.74, 6) is 0.00682. The topological polar surface area (TPSA) is 49.6 Å². The molecule has 2 atom stereocenters. The molecule has 2 aliphatic heterocycles. The minimum Gasteiger partial charge on any atom is -0.393 e. The summed E-state index contributed by atoms with van der Waals surface area (Å²) in [6, 6.07) is 0.547. The first-order valence-electron chi connectivity index (χ1n) is 7.33. The Bertz CT molecular complexity index is 353. The number of amides is 1. The van der Waals surface area contributed by atoms with Crippen LogP contribution in [0.5, 0.6) is 0 Å². The van der Waals surface area contributed by atoms with E-state index in [1.807, 2.05) is 18.7 Å². The summed E-state index contributed by atoms with van der Waals surface area (Å²) < 4.78 is 0. The van der Waals surface area contributed by atoms with Crippen LogP contribution in [-0.4, -0.2) is 52.9 Å². The molecule has 108 valence electrons. The number of hydrogen-bond acceptors (Lipinski definition) is 3. The van der Waals surface area contributed by atoms with Gasteiger partial charge in [0.25, 0.3) is 0 Å². The highest BCUT2D eigenvalue weighted by Crippen LogP contribution is 2.23. The zero-order valence-electron chi connectivity index (χ0n) is 12.0. The van der Waals surface area contributed by atoms with Crippen LogP contribution in [0.25, 0.3) is 0 Å². The van der Waals surface area contributed by atoms with Crippen molar-refractivity contribution in [2.75, 3.05) is 26.2 Å². The first kappa shape index (κ1) is 14.7. The number of thiocarbonyl (C=S) groups is 1. The van der Waals surface area contributed by atoms with Gasteiger partial charge in [0, 0.05) is 19.1 Å². The van der Waals surface area contributed by atoms with E-state index in [9.17, 15) is 4.79 Å². The molecule has 0 radical (unpaired) electrons. The maximum absolute atomic E-state index is 12.5. The van der Waals surface area contributed by atoms with Crippen LogP contribution in [0, 0.1) is 11.8 Å². The van der Waals surface area contributed by atoms with Gasteiger partial charge in [-0.15, -0.1) is 0 Å². The van der Waals surface area contributed by atoms with Crippen LogP contribution in [0.1, 0.15) is 33.1 Å². The lowest BCUT2D eigenvalue weighted by Gasteiger charge is -2.27. The quantitative estimate of drug-likeness (QED) is 0.789. The van der Waals surface area contributed by atoms with Crippen molar-refractivity contribution in [3.63, 3.8) is 0 Å². The molecule has 2 fully saturated rings. The molecule has 0 aromatic heterocycles. The first-order valence-corrected chi connectivity index (χ1v) is 7.73. The third-order valence-corrected chi connectivity index (χ3v) is 4.63. The van der Waals surface area contributed by atoms with Gasteiger partial charge in [0.1, 0.15) is 0 Å². The van der Waals surface area contributed by atoms with E-state index in [1.54, 1.807) is 0 Å². The molecule has 0 bridgehead atoms. The highest BCUT2D eigenvalue weighted by Gasteiger charge is 2.36. The van der Waals surface area contributed by atoms with Crippen LogP contribution in [0.3, 0.4) is 0 Å². The van der Waals surface area contributed by atoms with Gasteiger partial charge >= 0.3 is 0 Å². The van der Waals surface area contributed by atoms with Gasteiger partial charge in [0.2, 0.25) is 5.91 Å². The summed E-state index contributed by atoms with van der Waals surface area (Å²) in [5.41, 5.74) is 5.74. The normalized spacial score (nSPS) is 26.1. The Balaban J connectivity index is 1.95. The van der Waals surface area contributed by atoms with Gasteiger partial charge < -0.3 is 10.6 Å². The van der Waals surface area contributed by atoms with Gasteiger partial charge in [-0.1, -0.05) is 26.1 Å². The van der Waals surface area contributed by atoms with Gasteiger partial charge in [-0.05, 0) is 38.3 Å². The predicted octanol–water partition coefficient (Wildman–Crippen LogP) is 1.24. The average molecular weight is 283 g/mol. The maximum atomic E-state index is 12.5. The van der Waals surface area contributed by atoms with Crippen molar-refractivity contribution in [1.29, 1.82) is 0 Å². The van der Waals surface area contributed by atoms with Crippen molar-refractivity contribution in [3.05, 3.63) is 0 Å². The van der Waals surface area contributed by atoms with Gasteiger partial charge in [-0.25, -0.2) is 0 Å². The largest absolute Gasteiger partial charge is 0.393 e. The van der Waals surface area contributed by atoms with Crippen molar-refractivity contribution >= 4 is 23.1 Å². The molecule has 2 N–H and O–H groups in total. The number of likely N-dealkylation sites (tertiary alicyclic amines) is 2. The number of carbonyl (C=O) groups excluding carboxylic acids is 1. The van der Waals surface area contributed by atoms with Crippen LogP contribution in [0.15, 0.2) is 0 Å². The zero-order chi connectivity index (χ0) is 14.0. The van der Waals surface area contributed by atoms with Gasteiger partial charge in [0.05, 0.1) is 10.9 Å². The monoisotopic (exact) mass is 283 g/mol. The van der Waals surface area contributed by atoms with Crippen molar-refractivity contribution in [3.8, 4) is 0 Å². The molecular formula is C14H25N3OS. The molecule has 2 rings (SSSR count).